The minimum atomic E-state index is -1.11. The molecule has 1 N–H and O–H groups in total. The van der Waals surface area contributed by atoms with Crippen LogP contribution in [0.5, 0.6) is 0 Å². The van der Waals surface area contributed by atoms with Gasteiger partial charge < -0.3 is 14.7 Å². The highest BCUT2D eigenvalue weighted by atomic mass is 16.5. The quantitative estimate of drug-likeness (QED) is 0.715. The summed E-state index contributed by atoms with van der Waals surface area (Å²) in [5.74, 6) is 1.97. The molecule has 0 aliphatic heterocycles. The number of terminal acetylenes is 1. The van der Waals surface area contributed by atoms with Gasteiger partial charge in [0, 0.05) is 19.9 Å². The molecule has 8 nitrogen and oxygen atoms in total. The van der Waals surface area contributed by atoms with Crippen LogP contribution in [0.3, 0.4) is 0 Å². The average Bonchev–Trinajstić information content (AvgIpc) is 2.99. The Morgan fingerprint density at radius 2 is 2.30 bits per heavy atom. The van der Waals surface area contributed by atoms with Gasteiger partial charge in [0.15, 0.2) is 5.69 Å². The van der Waals surface area contributed by atoms with Crippen molar-refractivity contribution in [2.45, 2.75) is 13.1 Å². The summed E-state index contributed by atoms with van der Waals surface area (Å²) in [4.78, 5) is 20.8. The highest BCUT2D eigenvalue weighted by Gasteiger charge is 2.13. The van der Waals surface area contributed by atoms with Crippen molar-refractivity contribution >= 4 is 11.8 Å². The number of methoxy groups -OCH3 is 1. The lowest BCUT2D eigenvalue weighted by molar-refractivity contribution is 0.0690. The molecule has 0 spiro atoms. The highest BCUT2D eigenvalue weighted by molar-refractivity contribution is 5.84. The van der Waals surface area contributed by atoms with Gasteiger partial charge >= 0.3 is 5.97 Å². The van der Waals surface area contributed by atoms with Crippen molar-refractivity contribution in [1.29, 1.82) is 0 Å². The van der Waals surface area contributed by atoms with E-state index in [2.05, 4.69) is 21.0 Å². The zero-order valence-corrected chi connectivity index (χ0v) is 12.7. The van der Waals surface area contributed by atoms with E-state index in [9.17, 15) is 4.79 Å². The van der Waals surface area contributed by atoms with Crippen LogP contribution in [0.4, 0.5) is 5.82 Å². The molecule has 0 aliphatic rings. The Labute approximate surface area is 133 Å². The fourth-order valence-electron chi connectivity index (χ4n) is 1.94. The highest BCUT2D eigenvalue weighted by Crippen LogP contribution is 2.13. The Morgan fingerprint density at radius 3 is 2.91 bits per heavy atom. The third-order valence-corrected chi connectivity index (χ3v) is 3.05. The van der Waals surface area contributed by atoms with Crippen molar-refractivity contribution in [3.63, 3.8) is 0 Å². The number of ether oxygens (including phenoxy) is 1. The number of carbonyl (C=O) groups is 1. The summed E-state index contributed by atoms with van der Waals surface area (Å²) in [7, 11) is 1.61. The van der Waals surface area contributed by atoms with Crippen LogP contribution in [0.1, 0.15) is 16.2 Å². The van der Waals surface area contributed by atoms with Crippen LogP contribution in [0, 0.1) is 12.3 Å². The summed E-state index contributed by atoms with van der Waals surface area (Å²) in [6.07, 6.45) is 9.73. The summed E-state index contributed by atoms with van der Waals surface area (Å²) in [6, 6.07) is 1.87. The molecule has 0 aliphatic carbocycles. The number of rotatable bonds is 8. The average molecular weight is 315 g/mol. The van der Waals surface area contributed by atoms with E-state index in [1.807, 2.05) is 17.2 Å². The first-order valence-electron chi connectivity index (χ1n) is 6.89. The molecular weight excluding hydrogens is 298 g/mol. The van der Waals surface area contributed by atoms with Gasteiger partial charge in [-0.05, 0) is 6.07 Å². The number of nitrogens with zero attached hydrogens (tertiary/aromatic N) is 5. The summed E-state index contributed by atoms with van der Waals surface area (Å²) in [6.45, 7) is 1.96. The van der Waals surface area contributed by atoms with Crippen molar-refractivity contribution in [3.8, 4) is 12.3 Å². The normalized spacial score (nSPS) is 10.3. The number of hydrogen-bond acceptors (Lipinski definition) is 6. The predicted molar refractivity (Wildman–Crippen MR) is 83.0 cm³/mol. The SMILES string of the molecule is C#CCn1ccc(CN(CCOC)c2cnc(C(=O)O)cn2)n1. The fourth-order valence-corrected chi connectivity index (χ4v) is 1.94. The molecule has 120 valence electrons. The van der Waals surface area contributed by atoms with Crippen LogP contribution < -0.4 is 4.90 Å². The maximum Gasteiger partial charge on any atom is 0.356 e. The summed E-state index contributed by atoms with van der Waals surface area (Å²) in [5.41, 5.74) is 0.721. The first-order chi connectivity index (χ1) is 11.1. The summed E-state index contributed by atoms with van der Waals surface area (Å²) < 4.78 is 6.77. The monoisotopic (exact) mass is 315 g/mol. The molecule has 0 unspecified atom stereocenters. The van der Waals surface area contributed by atoms with Gasteiger partial charge in [0.05, 0.1) is 31.2 Å². The lowest BCUT2D eigenvalue weighted by Crippen LogP contribution is -2.28. The molecule has 0 aromatic carbocycles. The largest absolute Gasteiger partial charge is 0.476 e. The molecule has 0 saturated heterocycles. The van der Waals surface area contributed by atoms with Gasteiger partial charge in [-0.25, -0.2) is 14.8 Å². The number of aromatic nitrogens is 4. The molecule has 0 amide bonds. The van der Waals surface area contributed by atoms with Gasteiger partial charge in [-0.3, -0.25) is 4.68 Å². The molecular formula is C15H17N5O3. The first kappa shape index (κ1) is 16.5. The van der Waals surface area contributed by atoms with Crippen LogP contribution in [0.15, 0.2) is 24.7 Å². The number of carboxylic acids is 1. The van der Waals surface area contributed by atoms with E-state index >= 15 is 0 Å². The number of hydrogen-bond donors (Lipinski definition) is 1. The fraction of sp³-hybridized carbons (Fsp3) is 0.333. The molecule has 0 radical (unpaired) electrons. The molecule has 2 heterocycles. The van der Waals surface area contributed by atoms with Gasteiger partial charge in [0.25, 0.3) is 0 Å². The molecule has 23 heavy (non-hydrogen) atoms. The Bertz CT molecular complexity index is 690. The van der Waals surface area contributed by atoms with E-state index in [0.717, 1.165) is 5.69 Å². The van der Waals surface area contributed by atoms with Crippen LogP contribution in [-0.2, 0) is 17.8 Å². The molecule has 8 heteroatoms. The predicted octanol–water partition coefficient (Wildman–Crippen LogP) is 0.657. The maximum absolute atomic E-state index is 10.8. The van der Waals surface area contributed by atoms with E-state index in [0.29, 0.717) is 32.1 Å². The Balaban J connectivity index is 2.15. The van der Waals surface area contributed by atoms with Gasteiger partial charge in [-0.15, -0.1) is 6.42 Å². The number of carboxylic acid groups (broad SMARTS) is 1. The maximum atomic E-state index is 10.8. The third kappa shape index (κ3) is 4.52. The second-order valence-corrected chi connectivity index (χ2v) is 4.69. The summed E-state index contributed by atoms with van der Waals surface area (Å²) >= 11 is 0. The Morgan fingerprint density at radius 1 is 1.48 bits per heavy atom. The van der Waals surface area contributed by atoms with Crippen LogP contribution >= 0.6 is 0 Å². The minimum absolute atomic E-state index is 0.0984. The topological polar surface area (TPSA) is 93.4 Å². The van der Waals surface area contributed by atoms with Crippen molar-refractivity contribution in [2.75, 3.05) is 25.2 Å². The van der Waals surface area contributed by atoms with E-state index in [-0.39, 0.29) is 5.69 Å². The lowest BCUT2D eigenvalue weighted by atomic mass is 10.3. The van der Waals surface area contributed by atoms with Gasteiger partial charge in [0.2, 0.25) is 0 Å². The first-order valence-corrected chi connectivity index (χ1v) is 6.89. The lowest BCUT2D eigenvalue weighted by Gasteiger charge is -2.22. The van der Waals surface area contributed by atoms with Gasteiger partial charge in [-0.2, -0.15) is 5.10 Å². The number of anilines is 1. The van der Waals surface area contributed by atoms with Crippen molar-refractivity contribution in [3.05, 3.63) is 36.0 Å². The smallest absolute Gasteiger partial charge is 0.356 e. The molecule has 2 aromatic rings. The second-order valence-electron chi connectivity index (χ2n) is 4.69. The van der Waals surface area contributed by atoms with Crippen molar-refractivity contribution in [2.24, 2.45) is 0 Å². The zero-order valence-electron chi connectivity index (χ0n) is 12.7. The standard InChI is InChI=1S/C15H17N5O3/c1-3-5-20-6-4-12(18-20)11-19(7-8-23-2)14-10-16-13(9-17-14)15(21)22/h1,4,6,9-10H,5,7-8,11H2,2H3,(H,21,22). The molecule has 0 atom stereocenters. The molecule has 0 fully saturated rings. The zero-order chi connectivity index (χ0) is 16.7. The van der Waals surface area contributed by atoms with Crippen LogP contribution in [-0.4, -0.2) is 51.1 Å². The molecule has 0 bridgehead atoms. The van der Waals surface area contributed by atoms with E-state index < -0.39 is 5.97 Å². The minimum Gasteiger partial charge on any atom is -0.476 e. The number of aromatic carboxylic acids is 1. The van der Waals surface area contributed by atoms with E-state index in [1.54, 1.807) is 11.8 Å². The third-order valence-electron chi connectivity index (χ3n) is 3.05. The van der Waals surface area contributed by atoms with Gasteiger partial charge in [-0.1, -0.05) is 5.92 Å². The summed E-state index contributed by atoms with van der Waals surface area (Å²) in [5, 5.41) is 13.2. The second kappa shape index (κ2) is 7.91. The van der Waals surface area contributed by atoms with Crippen LogP contribution in [0.2, 0.25) is 0 Å². The van der Waals surface area contributed by atoms with Crippen molar-refractivity contribution < 1.29 is 14.6 Å². The molecule has 2 rings (SSSR count). The van der Waals surface area contributed by atoms with E-state index in [1.165, 1.54) is 12.4 Å². The Hall–Kier alpha value is -2.92. The van der Waals surface area contributed by atoms with Crippen LogP contribution in [0.25, 0.3) is 0 Å². The molecule has 2 aromatic heterocycles. The Kier molecular flexibility index (Phi) is 5.66. The van der Waals surface area contributed by atoms with E-state index in [4.69, 9.17) is 16.3 Å². The van der Waals surface area contributed by atoms with Gasteiger partial charge in [0.1, 0.15) is 12.4 Å². The van der Waals surface area contributed by atoms with Crippen molar-refractivity contribution in [1.82, 2.24) is 19.7 Å². The molecule has 0 saturated carbocycles.